The van der Waals surface area contributed by atoms with Gasteiger partial charge in [-0.25, -0.2) is 0 Å². The van der Waals surface area contributed by atoms with Crippen LogP contribution in [0.15, 0.2) is 49.0 Å². The van der Waals surface area contributed by atoms with Gasteiger partial charge in [-0.2, -0.15) is 0 Å². The topological polar surface area (TPSA) is 18.5 Å². The van der Waals surface area contributed by atoms with Crippen LogP contribution in [0.2, 0.25) is 0 Å². The van der Waals surface area contributed by atoms with Crippen molar-refractivity contribution in [1.82, 2.24) is 0 Å². The second kappa shape index (κ2) is 5.41. The van der Waals surface area contributed by atoms with Crippen molar-refractivity contribution in [2.45, 2.75) is 0 Å². The van der Waals surface area contributed by atoms with Crippen molar-refractivity contribution in [3.8, 4) is 22.6 Å². The molecule has 0 radical (unpaired) electrons. The first kappa shape index (κ1) is 12.2. The van der Waals surface area contributed by atoms with Gasteiger partial charge in [0, 0.05) is 0 Å². The Hall–Kier alpha value is -2.22. The average Bonchev–Trinajstić information content (AvgIpc) is 2.46. The van der Waals surface area contributed by atoms with Gasteiger partial charge in [-0.05, 0) is 28.8 Å². The third-order valence-corrected chi connectivity index (χ3v) is 2.88. The highest BCUT2D eigenvalue weighted by Gasteiger charge is 2.07. The summed E-state index contributed by atoms with van der Waals surface area (Å²) in [5, 5.41) is 0. The van der Waals surface area contributed by atoms with Gasteiger partial charge in [0.2, 0.25) is 0 Å². The lowest BCUT2D eigenvalue weighted by Gasteiger charge is -2.11. The van der Waals surface area contributed by atoms with E-state index in [4.69, 9.17) is 9.47 Å². The number of rotatable bonds is 4. The molecule has 0 unspecified atom stereocenters. The third-order valence-electron chi connectivity index (χ3n) is 2.88. The molecule has 2 heteroatoms. The summed E-state index contributed by atoms with van der Waals surface area (Å²) in [7, 11) is 3.27. The molecular formula is C16H16O2. The molecule has 0 fully saturated rings. The average molecular weight is 240 g/mol. The predicted octanol–water partition coefficient (Wildman–Crippen LogP) is 4.01. The standard InChI is InChI=1S/C16H16O2/c1-4-12-7-5-6-8-14(12)13-9-10-15(17-2)16(11-13)18-3/h4-11H,1H2,2-3H3. The van der Waals surface area contributed by atoms with Crippen molar-refractivity contribution in [3.63, 3.8) is 0 Å². The highest BCUT2D eigenvalue weighted by molar-refractivity contribution is 5.76. The van der Waals surface area contributed by atoms with E-state index in [-0.39, 0.29) is 0 Å². The van der Waals surface area contributed by atoms with Gasteiger partial charge >= 0.3 is 0 Å². The summed E-state index contributed by atoms with van der Waals surface area (Å²) in [5.41, 5.74) is 3.32. The van der Waals surface area contributed by atoms with Crippen molar-refractivity contribution in [2.75, 3.05) is 14.2 Å². The fourth-order valence-corrected chi connectivity index (χ4v) is 1.94. The summed E-state index contributed by atoms with van der Waals surface area (Å²) in [6, 6.07) is 14.0. The minimum atomic E-state index is 0.730. The van der Waals surface area contributed by atoms with E-state index in [1.807, 2.05) is 42.5 Å². The van der Waals surface area contributed by atoms with Crippen molar-refractivity contribution in [3.05, 3.63) is 54.6 Å². The minimum Gasteiger partial charge on any atom is -0.493 e. The van der Waals surface area contributed by atoms with Crippen LogP contribution in [0.1, 0.15) is 5.56 Å². The number of ether oxygens (including phenoxy) is 2. The molecule has 0 bridgehead atoms. The Labute approximate surface area is 107 Å². The monoisotopic (exact) mass is 240 g/mol. The van der Waals surface area contributed by atoms with Crippen molar-refractivity contribution in [2.24, 2.45) is 0 Å². The Bertz CT molecular complexity index is 559. The summed E-state index contributed by atoms with van der Waals surface area (Å²) in [5.74, 6) is 1.46. The molecular weight excluding hydrogens is 224 g/mol. The zero-order chi connectivity index (χ0) is 13.0. The largest absolute Gasteiger partial charge is 0.493 e. The maximum atomic E-state index is 5.32. The van der Waals surface area contributed by atoms with Gasteiger partial charge in [-0.15, -0.1) is 0 Å². The summed E-state index contributed by atoms with van der Waals surface area (Å²) in [6.45, 7) is 3.84. The Kier molecular flexibility index (Phi) is 3.68. The van der Waals surface area contributed by atoms with Crippen LogP contribution in [0, 0.1) is 0 Å². The maximum Gasteiger partial charge on any atom is 0.161 e. The summed E-state index contributed by atoms with van der Waals surface area (Å²) in [4.78, 5) is 0. The Morgan fingerprint density at radius 3 is 2.33 bits per heavy atom. The van der Waals surface area contributed by atoms with Crippen LogP contribution < -0.4 is 9.47 Å². The lowest BCUT2D eigenvalue weighted by Crippen LogP contribution is -1.91. The lowest BCUT2D eigenvalue weighted by molar-refractivity contribution is 0.355. The molecule has 0 aliphatic rings. The molecule has 2 aromatic carbocycles. The first-order valence-electron chi connectivity index (χ1n) is 5.74. The number of hydrogen-bond donors (Lipinski definition) is 0. The van der Waals surface area contributed by atoms with Crippen LogP contribution >= 0.6 is 0 Å². The molecule has 0 aromatic heterocycles. The molecule has 0 N–H and O–H groups in total. The number of methoxy groups -OCH3 is 2. The van der Waals surface area contributed by atoms with Crippen LogP contribution in [-0.2, 0) is 0 Å². The second-order valence-corrected chi connectivity index (χ2v) is 3.86. The van der Waals surface area contributed by atoms with E-state index in [1.165, 1.54) is 0 Å². The molecule has 18 heavy (non-hydrogen) atoms. The van der Waals surface area contributed by atoms with Gasteiger partial charge in [0.1, 0.15) is 0 Å². The Morgan fingerprint density at radius 2 is 1.67 bits per heavy atom. The van der Waals surface area contributed by atoms with Gasteiger partial charge < -0.3 is 9.47 Å². The van der Waals surface area contributed by atoms with Crippen molar-refractivity contribution >= 4 is 6.08 Å². The molecule has 2 aromatic rings. The molecule has 0 heterocycles. The third kappa shape index (κ3) is 2.23. The molecule has 2 nitrogen and oxygen atoms in total. The summed E-state index contributed by atoms with van der Waals surface area (Å²) < 4.78 is 10.6. The number of benzene rings is 2. The quantitative estimate of drug-likeness (QED) is 0.803. The highest BCUT2D eigenvalue weighted by atomic mass is 16.5. The van der Waals surface area contributed by atoms with Gasteiger partial charge in [-0.3, -0.25) is 0 Å². The van der Waals surface area contributed by atoms with Gasteiger partial charge in [0.25, 0.3) is 0 Å². The summed E-state index contributed by atoms with van der Waals surface area (Å²) >= 11 is 0. The molecule has 92 valence electrons. The van der Waals surface area contributed by atoms with Crippen LogP contribution in [0.3, 0.4) is 0 Å². The van der Waals surface area contributed by atoms with E-state index >= 15 is 0 Å². The van der Waals surface area contributed by atoms with E-state index in [0.29, 0.717) is 0 Å². The maximum absolute atomic E-state index is 5.32. The smallest absolute Gasteiger partial charge is 0.161 e. The van der Waals surface area contributed by atoms with E-state index < -0.39 is 0 Å². The van der Waals surface area contributed by atoms with Crippen LogP contribution in [0.25, 0.3) is 17.2 Å². The molecule has 0 spiro atoms. The molecule has 0 saturated heterocycles. The second-order valence-electron chi connectivity index (χ2n) is 3.86. The molecule has 0 saturated carbocycles. The van der Waals surface area contributed by atoms with E-state index in [1.54, 1.807) is 14.2 Å². The normalized spacial score (nSPS) is 9.89. The first-order chi connectivity index (χ1) is 8.80. The number of hydrogen-bond acceptors (Lipinski definition) is 2. The predicted molar refractivity (Wildman–Crippen MR) is 75.1 cm³/mol. The fourth-order valence-electron chi connectivity index (χ4n) is 1.94. The lowest BCUT2D eigenvalue weighted by atomic mass is 9.99. The molecule has 2 rings (SSSR count). The van der Waals surface area contributed by atoms with E-state index in [2.05, 4.69) is 12.6 Å². The van der Waals surface area contributed by atoms with Crippen molar-refractivity contribution < 1.29 is 9.47 Å². The molecule has 0 atom stereocenters. The minimum absolute atomic E-state index is 0.730. The van der Waals surface area contributed by atoms with Crippen LogP contribution in [0.5, 0.6) is 11.5 Å². The van der Waals surface area contributed by atoms with Crippen LogP contribution in [0.4, 0.5) is 0 Å². The Morgan fingerprint density at radius 1 is 0.944 bits per heavy atom. The van der Waals surface area contributed by atoms with Crippen LogP contribution in [-0.4, -0.2) is 14.2 Å². The highest BCUT2D eigenvalue weighted by Crippen LogP contribution is 2.33. The van der Waals surface area contributed by atoms with Gasteiger partial charge in [0.15, 0.2) is 11.5 Å². The van der Waals surface area contributed by atoms with E-state index in [9.17, 15) is 0 Å². The fraction of sp³-hybridized carbons (Fsp3) is 0.125. The zero-order valence-corrected chi connectivity index (χ0v) is 10.6. The molecule has 0 aliphatic heterocycles. The first-order valence-corrected chi connectivity index (χ1v) is 5.74. The SMILES string of the molecule is C=Cc1ccccc1-c1ccc(OC)c(OC)c1. The summed E-state index contributed by atoms with van der Waals surface area (Å²) in [6.07, 6.45) is 1.85. The molecule has 0 amide bonds. The van der Waals surface area contributed by atoms with E-state index in [0.717, 1.165) is 28.2 Å². The van der Waals surface area contributed by atoms with Gasteiger partial charge in [0.05, 0.1) is 14.2 Å². The van der Waals surface area contributed by atoms with Crippen molar-refractivity contribution in [1.29, 1.82) is 0 Å². The Balaban J connectivity index is 2.54. The van der Waals surface area contributed by atoms with Gasteiger partial charge in [-0.1, -0.05) is 43.0 Å². The zero-order valence-electron chi connectivity index (χ0n) is 10.6. The molecule has 0 aliphatic carbocycles.